The molecule has 0 saturated heterocycles. The fourth-order valence-electron chi connectivity index (χ4n) is 1.93. The highest BCUT2D eigenvalue weighted by Crippen LogP contribution is 2.08. The number of amides is 1. The highest BCUT2D eigenvalue weighted by Gasteiger charge is 2.22. The molecule has 1 amide bonds. The number of carbonyl (C=O) groups excluding carboxylic acids is 1. The number of rotatable bonds is 5. The highest BCUT2D eigenvalue weighted by atomic mass is 16.3. The van der Waals surface area contributed by atoms with Gasteiger partial charge in [0.05, 0.1) is 5.60 Å². The molecule has 0 heterocycles. The van der Waals surface area contributed by atoms with E-state index in [1.807, 2.05) is 44.1 Å². The van der Waals surface area contributed by atoms with E-state index in [1.54, 1.807) is 13.0 Å². The van der Waals surface area contributed by atoms with E-state index in [4.69, 9.17) is 0 Å². The van der Waals surface area contributed by atoms with Gasteiger partial charge in [-0.2, -0.15) is 0 Å². The Bertz CT molecular complexity index is 414. The van der Waals surface area contributed by atoms with E-state index in [2.05, 4.69) is 5.32 Å². The molecule has 0 aliphatic carbocycles. The van der Waals surface area contributed by atoms with Crippen LogP contribution in [0.1, 0.15) is 22.8 Å². The average Bonchev–Trinajstić information content (AvgIpc) is 2.25. The molecule has 1 rings (SSSR count). The number of carbonyl (C=O) groups is 1. The van der Waals surface area contributed by atoms with Crippen molar-refractivity contribution in [2.24, 2.45) is 0 Å². The van der Waals surface area contributed by atoms with Gasteiger partial charge in [0.15, 0.2) is 0 Å². The first-order valence-corrected chi connectivity index (χ1v) is 6.03. The summed E-state index contributed by atoms with van der Waals surface area (Å²) in [5.74, 6) is -0.146. The van der Waals surface area contributed by atoms with E-state index < -0.39 is 5.60 Å². The molecule has 18 heavy (non-hydrogen) atoms. The van der Waals surface area contributed by atoms with Gasteiger partial charge < -0.3 is 15.3 Å². The Morgan fingerprint density at radius 1 is 1.39 bits per heavy atom. The van der Waals surface area contributed by atoms with Crippen LogP contribution in [-0.4, -0.2) is 48.7 Å². The van der Waals surface area contributed by atoms with Crippen molar-refractivity contribution < 1.29 is 9.90 Å². The SMILES string of the molecule is Cc1ccccc1C(=O)NCC(C)(O)CN(C)C. The van der Waals surface area contributed by atoms with Crippen LogP contribution in [0.3, 0.4) is 0 Å². The number of nitrogens with one attached hydrogen (secondary N) is 1. The molecule has 0 aliphatic heterocycles. The Balaban J connectivity index is 2.59. The normalized spacial score (nSPS) is 14.3. The van der Waals surface area contributed by atoms with Crippen molar-refractivity contribution in [1.29, 1.82) is 0 Å². The molecule has 0 fully saturated rings. The Hall–Kier alpha value is -1.39. The van der Waals surface area contributed by atoms with Gasteiger partial charge in [0.1, 0.15) is 0 Å². The van der Waals surface area contributed by atoms with Crippen molar-refractivity contribution in [3.05, 3.63) is 35.4 Å². The maximum atomic E-state index is 12.0. The Morgan fingerprint density at radius 2 is 2.00 bits per heavy atom. The third-order valence-electron chi connectivity index (χ3n) is 2.68. The number of nitrogens with zero attached hydrogens (tertiary/aromatic N) is 1. The molecular formula is C14H22N2O2. The Labute approximate surface area is 109 Å². The van der Waals surface area contributed by atoms with E-state index in [0.29, 0.717) is 12.1 Å². The molecule has 0 saturated carbocycles. The lowest BCUT2D eigenvalue weighted by molar-refractivity contribution is 0.0326. The molecule has 100 valence electrons. The van der Waals surface area contributed by atoms with Crippen LogP contribution in [0.15, 0.2) is 24.3 Å². The van der Waals surface area contributed by atoms with Crippen molar-refractivity contribution in [2.75, 3.05) is 27.2 Å². The minimum absolute atomic E-state index is 0.146. The first-order valence-electron chi connectivity index (χ1n) is 6.03. The maximum absolute atomic E-state index is 12.0. The van der Waals surface area contributed by atoms with Gasteiger partial charge in [-0.05, 0) is 39.6 Å². The number of aryl methyl sites for hydroxylation is 1. The molecule has 1 unspecified atom stereocenters. The van der Waals surface area contributed by atoms with Crippen molar-refractivity contribution in [2.45, 2.75) is 19.4 Å². The smallest absolute Gasteiger partial charge is 0.251 e. The fourth-order valence-corrected chi connectivity index (χ4v) is 1.93. The maximum Gasteiger partial charge on any atom is 0.251 e. The van der Waals surface area contributed by atoms with Crippen LogP contribution in [0, 0.1) is 6.92 Å². The van der Waals surface area contributed by atoms with Crippen LogP contribution in [0.4, 0.5) is 0 Å². The van der Waals surface area contributed by atoms with E-state index >= 15 is 0 Å². The summed E-state index contributed by atoms with van der Waals surface area (Å²) in [4.78, 5) is 13.9. The fraction of sp³-hybridized carbons (Fsp3) is 0.500. The van der Waals surface area contributed by atoms with E-state index in [1.165, 1.54) is 0 Å². The third kappa shape index (κ3) is 4.47. The summed E-state index contributed by atoms with van der Waals surface area (Å²) in [6, 6.07) is 7.41. The van der Waals surface area contributed by atoms with E-state index in [0.717, 1.165) is 5.56 Å². The summed E-state index contributed by atoms with van der Waals surface area (Å²) < 4.78 is 0. The second-order valence-corrected chi connectivity index (χ2v) is 5.23. The lowest BCUT2D eigenvalue weighted by Gasteiger charge is -2.27. The van der Waals surface area contributed by atoms with E-state index in [-0.39, 0.29) is 12.5 Å². The second-order valence-electron chi connectivity index (χ2n) is 5.23. The summed E-state index contributed by atoms with van der Waals surface area (Å²) in [6.45, 7) is 4.34. The number of hydrogen-bond donors (Lipinski definition) is 2. The number of hydrogen-bond acceptors (Lipinski definition) is 3. The van der Waals surface area contributed by atoms with Gasteiger partial charge in [0, 0.05) is 18.7 Å². The van der Waals surface area contributed by atoms with Crippen molar-refractivity contribution in [3.8, 4) is 0 Å². The van der Waals surface area contributed by atoms with Crippen LogP contribution in [0.2, 0.25) is 0 Å². The van der Waals surface area contributed by atoms with Gasteiger partial charge in [-0.3, -0.25) is 4.79 Å². The molecule has 1 atom stereocenters. The molecule has 4 nitrogen and oxygen atoms in total. The predicted octanol–water partition coefficient (Wildman–Crippen LogP) is 1.04. The summed E-state index contributed by atoms with van der Waals surface area (Å²) in [7, 11) is 3.77. The van der Waals surface area contributed by atoms with Crippen LogP contribution in [-0.2, 0) is 0 Å². The molecule has 0 aromatic heterocycles. The van der Waals surface area contributed by atoms with Crippen molar-refractivity contribution in [1.82, 2.24) is 10.2 Å². The summed E-state index contributed by atoms with van der Waals surface area (Å²) >= 11 is 0. The van der Waals surface area contributed by atoms with Crippen LogP contribution >= 0.6 is 0 Å². The van der Waals surface area contributed by atoms with Gasteiger partial charge in [0.25, 0.3) is 5.91 Å². The van der Waals surface area contributed by atoms with E-state index in [9.17, 15) is 9.90 Å². The number of benzene rings is 1. The van der Waals surface area contributed by atoms with Crippen molar-refractivity contribution >= 4 is 5.91 Å². The van der Waals surface area contributed by atoms with Crippen LogP contribution in [0.5, 0.6) is 0 Å². The first kappa shape index (κ1) is 14.7. The standard InChI is InChI=1S/C14H22N2O2/c1-11-7-5-6-8-12(11)13(17)15-9-14(2,18)10-16(3)4/h5-8,18H,9-10H2,1-4H3,(H,15,17). The molecule has 2 N–H and O–H groups in total. The molecule has 0 aliphatic rings. The average molecular weight is 250 g/mol. The largest absolute Gasteiger partial charge is 0.387 e. The summed E-state index contributed by atoms with van der Waals surface area (Å²) in [5, 5.41) is 12.9. The molecule has 1 aromatic rings. The zero-order chi connectivity index (χ0) is 13.8. The summed E-state index contributed by atoms with van der Waals surface area (Å²) in [5.41, 5.74) is 0.655. The predicted molar refractivity (Wildman–Crippen MR) is 72.7 cm³/mol. The lowest BCUT2D eigenvalue weighted by atomic mass is 10.1. The molecule has 4 heteroatoms. The van der Waals surface area contributed by atoms with Gasteiger partial charge in [-0.15, -0.1) is 0 Å². The quantitative estimate of drug-likeness (QED) is 0.821. The molecule has 0 bridgehead atoms. The van der Waals surface area contributed by atoms with Crippen molar-refractivity contribution in [3.63, 3.8) is 0 Å². The topological polar surface area (TPSA) is 52.6 Å². The van der Waals surface area contributed by atoms with Crippen LogP contribution in [0.25, 0.3) is 0 Å². The number of likely N-dealkylation sites (N-methyl/N-ethyl adjacent to an activating group) is 1. The zero-order valence-corrected chi connectivity index (χ0v) is 11.5. The summed E-state index contributed by atoms with van der Waals surface area (Å²) in [6.07, 6.45) is 0. The highest BCUT2D eigenvalue weighted by molar-refractivity contribution is 5.95. The minimum Gasteiger partial charge on any atom is -0.387 e. The Kier molecular flexibility index (Phi) is 4.87. The van der Waals surface area contributed by atoms with Gasteiger partial charge in [-0.25, -0.2) is 0 Å². The van der Waals surface area contributed by atoms with Gasteiger partial charge >= 0.3 is 0 Å². The first-order chi connectivity index (χ1) is 8.32. The molecule has 0 radical (unpaired) electrons. The zero-order valence-electron chi connectivity index (χ0n) is 11.5. The molecular weight excluding hydrogens is 228 g/mol. The minimum atomic E-state index is -0.929. The van der Waals surface area contributed by atoms with Gasteiger partial charge in [0.2, 0.25) is 0 Å². The molecule has 1 aromatic carbocycles. The third-order valence-corrected chi connectivity index (χ3v) is 2.68. The number of aliphatic hydroxyl groups is 1. The Morgan fingerprint density at radius 3 is 2.56 bits per heavy atom. The van der Waals surface area contributed by atoms with Crippen LogP contribution < -0.4 is 5.32 Å². The monoisotopic (exact) mass is 250 g/mol. The lowest BCUT2D eigenvalue weighted by Crippen LogP contribution is -2.47. The second kappa shape index (κ2) is 5.98. The van der Waals surface area contributed by atoms with Gasteiger partial charge in [-0.1, -0.05) is 18.2 Å². The molecule has 0 spiro atoms.